The zero-order valence-corrected chi connectivity index (χ0v) is 46.1. The molecule has 6 heteroatoms. The molecule has 0 aromatic heterocycles. The summed E-state index contributed by atoms with van der Waals surface area (Å²) in [5, 5.41) is 6.64. The molecule has 6 aromatic carbocycles. The van der Waals surface area contributed by atoms with Crippen LogP contribution in [0.15, 0.2) is 109 Å². The summed E-state index contributed by atoms with van der Waals surface area (Å²) in [7, 11) is -1.82. The van der Waals surface area contributed by atoms with Gasteiger partial charge in [-0.2, -0.15) is 0 Å². The molecule has 0 bridgehead atoms. The van der Waals surface area contributed by atoms with Crippen molar-refractivity contribution in [3.05, 3.63) is 187 Å². The molecule has 1 heterocycles. The first-order valence-electron chi connectivity index (χ1n) is 24.5. The molecule has 0 N–H and O–H groups in total. The highest BCUT2D eigenvalue weighted by Gasteiger charge is 2.29. The smallest absolute Gasteiger partial charge is 0.0241 e. The van der Waals surface area contributed by atoms with Crippen molar-refractivity contribution >= 4 is 52.9 Å². The summed E-state index contributed by atoms with van der Waals surface area (Å²) < 4.78 is 0. The van der Waals surface area contributed by atoms with E-state index in [9.17, 15) is 0 Å². The average molecular weight is 951 g/mol. The molecule has 66 heavy (non-hydrogen) atoms. The number of aryl methyl sites for hydroxylation is 12. The standard InChI is InChI=1S/C60H78N2P4/c1-43-29-47(5)57(48(6)30-43)63-25-19-26-64(58-49(7)31-44(2)32-50(58)8)41-62(38-56-23-17-14-18-24-56)42-66(60-53(11)35-46(4)36-54(60)12)28-20-27-65(59-51(9)33-45(3)34-52(59)10)40-61(39-63)37-55-21-15-13-16-22-55/h13-18,21-24,29-36H,19-20,25-28,37-42H2,1-12H3. The summed E-state index contributed by atoms with van der Waals surface area (Å²) in [6, 6.07) is 42.6. The Bertz CT molecular complexity index is 2160. The molecule has 348 valence electrons. The summed E-state index contributed by atoms with van der Waals surface area (Å²) >= 11 is 0. The molecule has 0 saturated carbocycles. The molecule has 0 amide bonds. The maximum Gasteiger partial charge on any atom is 0.0241 e. The van der Waals surface area contributed by atoms with Crippen LogP contribution in [0.25, 0.3) is 0 Å². The van der Waals surface area contributed by atoms with E-state index in [4.69, 9.17) is 0 Å². The topological polar surface area (TPSA) is 6.48 Å². The minimum Gasteiger partial charge on any atom is -0.290 e. The van der Waals surface area contributed by atoms with Crippen molar-refractivity contribution in [1.82, 2.24) is 9.80 Å². The van der Waals surface area contributed by atoms with Crippen LogP contribution in [0, 0.1) is 83.1 Å². The third-order valence-corrected chi connectivity index (χ3v) is 25.2. The van der Waals surface area contributed by atoms with E-state index in [2.05, 4.69) is 202 Å². The largest absolute Gasteiger partial charge is 0.290 e. The Morgan fingerprint density at radius 3 is 0.742 bits per heavy atom. The molecule has 1 aliphatic rings. The molecule has 0 aliphatic carbocycles. The summed E-state index contributed by atoms with van der Waals surface area (Å²) in [6.07, 6.45) is 12.2. The number of hydrogen-bond acceptors (Lipinski definition) is 2. The highest BCUT2D eigenvalue weighted by molar-refractivity contribution is 7.68. The van der Waals surface area contributed by atoms with Gasteiger partial charge in [0.2, 0.25) is 0 Å². The van der Waals surface area contributed by atoms with Gasteiger partial charge < -0.3 is 0 Å². The van der Waals surface area contributed by atoms with Gasteiger partial charge in [-0.3, -0.25) is 9.80 Å². The fourth-order valence-electron chi connectivity index (χ4n) is 11.5. The SMILES string of the molecule is Cc1cc(C)c(P2CCCP(c3c(C)cc(C)cc3C)CN(Cc3ccccc3)CP(c3c(C)cc(C)cc3C)CCCP(c3c(C)cc(C)cc3C)CN(Cc3ccccc3)C2)c(C)c1. The van der Waals surface area contributed by atoms with Gasteiger partial charge in [0.1, 0.15) is 0 Å². The number of benzene rings is 6. The monoisotopic (exact) mass is 951 g/mol. The van der Waals surface area contributed by atoms with Crippen LogP contribution < -0.4 is 21.2 Å². The lowest BCUT2D eigenvalue weighted by atomic mass is 10.1. The van der Waals surface area contributed by atoms with Crippen LogP contribution in [0.1, 0.15) is 90.7 Å². The van der Waals surface area contributed by atoms with Crippen LogP contribution in [0.3, 0.4) is 0 Å². The Balaban J connectivity index is 1.38. The van der Waals surface area contributed by atoms with Crippen molar-refractivity contribution in [1.29, 1.82) is 0 Å². The molecular weight excluding hydrogens is 873 g/mol. The molecule has 7 rings (SSSR count). The van der Waals surface area contributed by atoms with Gasteiger partial charge in [-0.15, -0.1) is 0 Å². The van der Waals surface area contributed by atoms with Crippen LogP contribution in [0.2, 0.25) is 0 Å². The lowest BCUT2D eigenvalue weighted by Crippen LogP contribution is -2.32. The first kappa shape index (κ1) is 50.8. The molecule has 1 aliphatic heterocycles. The Morgan fingerprint density at radius 2 is 0.530 bits per heavy atom. The second kappa shape index (κ2) is 23.5. The van der Waals surface area contributed by atoms with Crippen LogP contribution >= 0.6 is 31.7 Å². The number of nitrogens with zero attached hydrogens (tertiary/aromatic N) is 2. The first-order chi connectivity index (χ1) is 31.6. The van der Waals surface area contributed by atoms with Gasteiger partial charge in [0.15, 0.2) is 0 Å². The molecule has 0 spiro atoms. The molecule has 2 nitrogen and oxygen atoms in total. The van der Waals surface area contributed by atoms with Crippen molar-refractivity contribution in [3.8, 4) is 0 Å². The summed E-state index contributed by atoms with van der Waals surface area (Å²) in [6.45, 7) is 30.4. The second-order valence-corrected chi connectivity index (χ2v) is 29.0. The lowest BCUT2D eigenvalue weighted by molar-refractivity contribution is 0.363. The molecule has 1 saturated heterocycles. The van der Waals surface area contributed by atoms with Gasteiger partial charge in [-0.05, 0) is 197 Å². The van der Waals surface area contributed by atoms with Crippen molar-refractivity contribution in [2.45, 2.75) is 109 Å². The van der Waals surface area contributed by atoms with Crippen LogP contribution in [-0.2, 0) is 13.1 Å². The molecule has 4 unspecified atom stereocenters. The van der Waals surface area contributed by atoms with Crippen LogP contribution in [-0.4, -0.2) is 59.6 Å². The van der Waals surface area contributed by atoms with E-state index in [0.29, 0.717) is 0 Å². The van der Waals surface area contributed by atoms with Gasteiger partial charge in [0.05, 0.1) is 0 Å². The number of rotatable bonds is 8. The van der Waals surface area contributed by atoms with Crippen LogP contribution in [0.4, 0.5) is 0 Å². The average Bonchev–Trinajstić information content (AvgIpc) is 3.22. The summed E-state index contributed by atoms with van der Waals surface area (Å²) in [5.74, 6) is 0. The second-order valence-electron chi connectivity index (χ2n) is 19.9. The Hall–Kier alpha value is -3.04. The summed E-state index contributed by atoms with van der Waals surface area (Å²) in [4.78, 5) is 5.90. The maximum absolute atomic E-state index is 2.95. The Morgan fingerprint density at radius 1 is 0.318 bits per heavy atom. The van der Waals surface area contributed by atoms with Gasteiger partial charge in [0, 0.05) is 38.2 Å². The normalized spacial score (nSPS) is 19.8. The molecule has 6 aromatic rings. The fourth-order valence-corrected chi connectivity index (χ4v) is 23.8. The van der Waals surface area contributed by atoms with E-state index in [-0.39, 0.29) is 0 Å². The zero-order valence-electron chi connectivity index (χ0n) is 42.6. The third kappa shape index (κ3) is 13.2. The van der Waals surface area contributed by atoms with Gasteiger partial charge in [-0.25, -0.2) is 0 Å². The minimum atomic E-state index is -0.456. The molecule has 1 fully saturated rings. The van der Waals surface area contributed by atoms with Crippen molar-refractivity contribution in [2.24, 2.45) is 0 Å². The Kier molecular flexibility index (Phi) is 18.1. The van der Waals surface area contributed by atoms with E-state index in [1.807, 2.05) is 0 Å². The van der Waals surface area contributed by atoms with Gasteiger partial charge >= 0.3 is 0 Å². The van der Waals surface area contributed by atoms with Gasteiger partial charge in [-0.1, -0.05) is 163 Å². The zero-order chi connectivity index (χ0) is 47.1. The van der Waals surface area contributed by atoms with E-state index in [0.717, 1.165) is 38.2 Å². The quantitative estimate of drug-likeness (QED) is 0.140. The van der Waals surface area contributed by atoms with Gasteiger partial charge in [0.25, 0.3) is 0 Å². The Labute approximate surface area is 406 Å². The first-order valence-corrected chi connectivity index (χ1v) is 31.3. The van der Waals surface area contributed by atoms with Crippen molar-refractivity contribution in [2.75, 3.05) is 49.8 Å². The van der Waals surface area contributed by atoms with E-state index < -0.39 is 31.7 Å². The minimum absolute atomic E-state index is 0.456. The molecule has 0 radical (unpaired) electrons. The van der Waals surface area contributed by atoms with Crippen molar-refractivity contribution in [3.63, 3.8) is 0 Å². The van der Waals surface area contributed by atoms with E-state index in [1.165, 1.54) is 115 Å². The maximum atomic E-state index is 2.95. The number of hydrogen-bond donors (Lipinski definition) is 0. The highest BCUT2D eigenvalue weighted by atomic mass is 31.1. The van der Waals surface area contributed by atoms with Crippen LogP contribution in [0.5, 0.6) is 0 Å². The van der Waals surface area contributed by atoms with Crippen molar-refractivity contribution < 1.29 is 0 Å². The molecule has 4 atom stereocenters. The predicted octanol–water partition coefficient (Wildman–Crippen LogP) is 14.5. The lowest BCUT2D eigenvalue weighted by Gasteiger charge is -2.36. The predicted molar refractivity (Wildman–Crippen MR) is 301 cm³/mol. The fraction of sp³-hybridized carbons (Fsp3) is 0.400. The summed E-state index contributed by atoms with van der Waals surface area (Å²) in [5.41, 5.74) is 20.4. The van der Waals surface area contributed by atoms with E-state index in [1.54, 1.807) is 21.2 Å². The van der Waals surface area contributed by atoms with E-state index >= 15 is 0 Å². The third-order valence-electron chi connectivity index (χ3n) is 13.5. The molecular formula is C60H78N2P4. The highest BCUT2D eigenvalue weighted by Crippen LogP contribution is 2.49.